The molecule has 0 saturated heterocycles. The lowest BCUT2D eigenvalue weighted by Gasteiger charge is -2.05. The molecule has 3 nitrogen and oxygen atoms in total. The van der Waals surface area contributed by atoms with Crippen LogP contribution in [0.2, 0.25) is 0 Å². The van der Waals surface area contributed by atoms with Crippen LogP contribution in [0.25, 0.3) is 0 Å². The van der Waals surface area contributed by atoms with Crippen LogP contribution in [0.3, 0.4) is 0 Å². The minimum absolute atomic E-state index is 0.000159. The van der Waals surface area contributed by atoms with Crippen molar-refractivity contribution in [3.8, 4) is 0 Å². The number of rotatable bonds is 4. The van der Waals surface area contributed by atoms with Crippen LogP contribution in [0, 0.1) is 0 Å². The van der Waals surface area contributed by atoms with Gasteiger partial charge in [-0.3, -0.25) is 5.43 Å². The first-order valence-electron chi connectivity index (χ1n) is 3.96. The molecular weight excluding hydrogens is 215 g/mol. The summed E-state index contributed by atoms with van der Waals surface area (Å²) in [5.74, 6) is 0. The van der Waals surface area contributed by atoms with Gasteiger partial charge in [-0.15, -0.1) is 0 Å². The first kappa shape index (κ1) is 13.2. The van der Waals surface area contributed by atoms with E-state index in [0.29, 0.717) is 5.71 Å². The summed E-state index contributed by atoms with van der Waals surface area (Å²) < 4.78 is 35.2. The van der Waals surface area contributed by atoms with Crippen LogP contribution in [0.5, 0.6) is 0 Å². The summed E-state index contributed by atoms with van der Waals surface area (Å²) in [5.41, 5.74) is 7.92. The maximum atomic E-state index is 11.7. The minimum Gasteiger partial charge on any atom is -0.375 e. The SMILES string of the molecule is CC(CCCC(F)(F)F)=NNC(N)=S. The summed E-state index contributed by atoms with van der Waals surface area (Å²) in [6.45, 7) is 1.61. The van der Waals surface area contributed by atoms with E-state index in [-0.39, 0.29) is 18.0 Å². The van der Waals surface area contributed by atoms with Crippen LogP contribution in [0.15, 0.2) is 5.10 Å². The van der Waals surface area contributed by atoms with Gasteiger partial charge in [0.05, 0.1) is 0 Å². The summed E-state index contributed by atoms with van der Waals surface area (Å²) in [6.07, 6.45) is -4.60. The number of hydrogen-bond acceptors (Lipinski definition) is 2. The molecule has 14 heavy (non-hydrogen) atoms. The molecule has 3 N–H and O–H groups in total. The van der Waals surface area contributed by atoms with E-state index < -0.39 is 12.6 Å². The normalized spacial score (nSPS) is 12.7. The number of nitrogens with two attached hydrogens (primary N) is 1. The standard InChI is InChI=1S/C7H12F3N3S/c1-5(12-13-6(11)14)3-2-4-7(8,9)10/h2-4H2,1H3,(H3,11,13,14). The van der Waals surface area contributed by atoms with Gasteiger partial charge in [0.2, 0.25) is 0 Å². The molecule has 0 aromatic heterocycles. The zero-order valence-corrected chi connectivity index (χ0v) is 8.50. The predicted octanol–water partition coefficient (Wildman–Crippen LogP) is 1.93. The van der Waals surface area contributed by atoms with E-state index in [1.807, 2.05) is 0 Å². The second-order valence-electron chi connectivity index (χ2n) is 2.79. The van der Waals surface area contributed by atoms with Gasteiger partial charge < -0.3 is 5.73 Å². The van der Waals surface area contributed by atoms with Gasteiger partial charge in [0.15, 0.2) is 5.11 Å². The second kappa shape index (κ2) is 5.79. The minimum atomic E-state index is -4.10. The lowest BCUT2D eigenvalue weighted by atomic mass is 10.2. The molecule has 0 aliphatic heterocycles. The van der Waals surface area contributed by atoms with Gasteiger partial charge >= 0.3 is 6.18 Å². The predicted molar refractivity (Wildman–Crippen MR) is 52.9 cm³/mol. The Morgan fingerprint density at radius 1 is 1.50 bits per heavy atom. The van der Waals surface area contributed by atoms with Crippen molar-refractivity contribution in [1.29, 1.82) is 0 Å². The van der Waals surface area contributed by atoms with E-state index in [9.17, 15) is 13.2 Å². The third-order valence-electron chi connectivity index (χ3n) is 1.36. The lowest BCUT2D eigenvalue weighted by molar-refractivity contribution is -0.135. The molecule has 0 heterocycles. The van der Waals surface area contributed by atoms with Gasteiger partial charge in [-0.1, -0.05) is 0 Å². The fourth-order valence-electron chi connectivity index (χ4n) is 0.751. The van der Waals surface area contributed by atoms with Gasteiger partial charge in [0.25, 0.3) is 0 Å². The van der Waals surface area contributed by atoms with Crippen molar-refractivity contribution in [3.63, 3.8) is 0 Å². The third-order valence-corrected chi connectivity index (χ3v) is 1.45. The quantitative estimate of drug-likeness (QED) is 0.438. The van der Waals surface area contributed by atoms with Crippen LogP contribution in [-0.2, 0) is 0 Å². The molecule has 0 unspecified atom stereocenters. The van der Waals surface area contributed by atoms with Crippen molar-refractivity contribution in [3.05, 3.63) is 0 Å². The molecule has 0 aromatic rings. The number of hydrazone groups is 1. The highest BCUT2D eigenvalue weighted by Gasteiger charge is 2.25. The fraction of sp³-hybridized carbons (Fsp3) is 0.714. The molecule has 7 heteroatoms. The Bertz CT molecular complexity index is 225. The van der Waals surface area contributed by atoms with Crippen molar-refractivity contribution < 1.29 is 13.2 Å². The van der Waals surface area contributed by atoms with Crippen molar-refractivity contribution in [1.82, 2.24) is 5.43 Å². The zero-order valence-electron chi connectivity index (χ0n) is 7.69. The van der Waals surface area contributed by atoms with Crippen molar-refractivity contribution in [2.45, 2.75) is 32.4 Å². The molecular formula is C7H12F3N3S. The van der Waals surface area contributed by atoms with E-state index in [1.165, 1.54) is 0 Å². The fourth-order valence-corrected chi connectivity index (χ4v) is 0.797. The van der Waals surface area contributed by atoms with Gasteiger partial charge in [0, 0.05) is 12.1 Å². The van der Waals surface area contributed by atoms with Gasteiger partial charge in [-0.2, -0.15) is 18.3 Å². The van der Waals surface area contributed by atoms with Crippen molar-refractivity contribution >= 4 is 23.0 Å². The topological polar surface area (TPSA) is 50.4 Å². The van der Waals surface area contributed by atoms with Gasteiger partial charge in [0.1, 0.15) is 0 Å². The highest BCUT2D eigenvalue weighted by molar-refractivity contribution is 7.80. The van der Waals surface area contributed by atoms with Crippen molar-refractivity contribution in [2.24, 2.45) is 10.8 Å². The third kappa shape index (κ3) is 9.24. The molecule has 0 bridgehead atoms. The molecule has 0 aromatic carbocycles. The maximum absolute atomic E-state index is 11.7. The molecule has 0 fully saturated rings. The first-order valence-corrected chi connectivity index (χ1v) is 4.37. The first-order chi connectivity index (χ1) is 6.31. The van der Waals surface area contributed by atoms with Crippen molar-refractivity contribution in [2.75, 3.05) is 0 Å². The van der Waals surface area contributed by atoms with Gasteiger partial charge in [-0.05, 0) is 32.0 Å². The molecule has 0 aliphatic carbocycles. The van der Waals surface area contributed by atoms with Crippen LogP contribution in [0.4, 0.5) is 13.2 Å². The number of halogens is 3. The van der Waals surface area contributed by atoms with E-state index in [1.54, 1.807) is 6.92 Å². The number of nitrogens with zero attached hydrogens (tertiary/aromatic N) is 1. The molecule has 0 saturated carbocycles. The monoisotopic (exact) mass is 227 g/mol. The zero-order chi connectivity index (χ0) is 11.2. The van der Waals surface area contributed by atoms with Crippen LogP contribution in [-0.4, -0.2) is 17.0 Å². The molecule has 0 spiro atoms. The second-order valence-corrected chi connectivity index (χ2v) is 3.23. The lowest BCUT2D eigenvalue weighted by Crippen LogP contribution is -2.25. The Balaban J connectivity index is 3.69. The summed E-state index contributed by atoms with van der Waals surface area (Å²) in [5, 5.41) is 3.68. The number of hydrogen-bond donors (Lipinski definition) is 2. The number of nitrogens with one attached hydrogen (secondary N) is 1. The van der Waals surface area contributed by atoms with E-state index in [4.69, 9.17) is 5.73 Å². The van der Waals surface area contributed by atoms with Crippen LogP contribution >= 0.6 is 12.2 Å². The Morgan fingerprint density at radius 3 is 2.50 bits per heavy atom. The molecule has 0 rings (SSSR count). The Kier molecular flexibility index (Phi) is 5.44. The summed E-state index contributed by atoms with van der Waals surface area (Å²) in [4.78, 5) is 0. The average molecular weight is 227 g/mol. The van der Waals surface area contributed by atoms with E-state index >= 15 is 0 Å². The van der Waals surface area contributed by atoms with Crippen LogP contribution < -0.4 is 11.2 Å². The Labute approximate surface area is 85.5 Å². The highest BCUT2D eigenvalue weighted by Crippen LogP contribution is 2.22. The Morgan fingerprint density at radius 2 is 2.07 bits per heavy atom. The van der Waals surface area contributed by atoms with E-state index in [2.05, 4.69) is 22.7 Å². The molecule has 0 radical (unpaired) electrons. The Hall–Kier alpha value is -0.850. The maximum Gasteiger partial charge on any atom is 0.389 e. The highest BCUT2D eigenvalue weighted by atomic mass is 32.1. The molecule has 82 valence electrons. The molecule has 0 amide bonds. The van der Waals surface area contributed by atoms with Gasteiger partial charge in [-0.25, -0.2) is 0 Å². The average Bonchev–Trinajstić information content (AvgIpc) is 1.98. The molecule has 0 aliphatic rings. The summed E-state index contributed by atoms with van der Waals surface area (Å²) in [6, 6.07) is 0. The largest absolute Gasteiger partial charge is 0.389 e. The summed E-state index contributed by atoms with van der Waals surface area (Å²) >= 11 is 4.47. The summed E-state index contributed by atoms with van der Waals surface area (Å²) in [7, 11) is 0. The van der Waals surface area contributed by atoms with Crippen LogP contribution in [0.1, 0.15) is 26.2 Å². The molecule has 0 atom stereocenters. The number of thiocarbonyl (C=S) groups is 1. The van der Waals surface area contributed by atoms with E-state index in [0.717, 1.165) is 0 Å². The smallest absolute Gasteiger partial charge is 0.375 e. The number of alkyl halides is 3.